The third-order valence-corrected chi connectivity index (χ3v) is 4.53. The molecule has 2 aromatic rings. The van der Waals surface area contributed by atoms with E-state index in [9.17, 15) is 4.79 Å². The fraction of sp³-hybridized carbons (Fsp3) is 0.353. The molecule has 0 bridgehead atoms. The summed E-state index contributed by atoms with van der Waals surface area (Å²) < 4.78 is 0. The zero-order valence-electron chi connectivity index (χ0n) is 13.8. The standard InChI is InChI=1S/C17H20ClN5O/c1-12-3-4-13(9-14(12)18)21-16-10-15(19-11-20-16)17(24)23-7-5-22(2)6-8-23/h3-4,9-11H,5-8H2,1-2H3,(H,19,20,21). The lowest BCUT2D eigenvalue weighted by Crippen LogP contribution is -2.47. The van der Waals surface area contributed by atoms with Gasteiger partial charge in [-0.3, -0.25) is 4.79 Å². The largest absolute Gasteiger partial charge is 0.340 e. The van der Waals surface area contributed by atoms with Crippen LogP contribution in [0.15, 0.2) is 30.6 Å². The van der Waals surface area contributed by atoms with Crippen LogP contribution in [0.25, 0.3) is 0 Å². The first kappa shape index (κ1) is 16.7. The van der Waals surface area contributed by atoms with E-state index in [0.717, 1.165) is 37.4 Å². The Kier molecular flexibility index (Phi) is 4.97. The van der Waals surface area contributed by atoms with Crippen LogP contribution in [0.3, 0.4) is 0 Å². The highest BCUT2D eigenvalue weighted by Gasteiger charge is 2.21. The first-order valence-electron chi connectivity index (χ1n) is 7.86. The molecule has 1 saturated heterocycles. The molecule has 1 amide bonds. The van der Waals surface area contributed by atoms with Crippen LogP contribution in [0.1, 0.15) is 16.1 Å². The molecule has 2 heterocycles. The summed E-state index contributed by atoms with van der Waals surface area (Å²) in [5.74, 6) is 0.512. The molecule has 1 fully saturated rings. The van der Waals surface area contributed by atoms with Crippen molar-refractivity contribution in [2.45, 2.75) is 6.92 Å². The molecule has 1 aromatic heterocycles. The van der Waals surface area contributed by atoms with Crippen molar-refractivity contribution in [1.29, 1.82) is 0 Å². The second-order valence-electron chi connectivity index (χ2n) is 5.97. The highest BCUT2D eigenvalue weighted by Crippen LogP contribution is 2.22. The number of anilines is 2. The predicted octanol–water partition coefficient (Wildman–Crippen LogP) is 2.57. The molecule has 0 spiro atoms. The Bertz CT molecular complexity index is 744. The van der Waals surface area contributed by atoms with Crippen molar-refractivity contribution in [3.8, 4) is 0 Å². The zero-order valence-corrected chi connectivity index (χ0v) is 14.5. The van der Waals surface area contributed by atoms with Crippen LogP contribution in [-0.2, 0) is 0 Å². The molecule has 7 heteroatoms. The molecule has 0 unspecified atom stereocenters. The Morgan fingerprint density at radius 1 is 1.17 bits per heavy atom. The summed E-state index contributed by atoms with van der Waals surface area (Å²) in [6.07, 6.45) is 1.40. The van der Waals surface area contributed by atoms with Crippen molar-refractivity contribution in [2.75, 3.05) is 38.5 Å². The molecular formula is C17H20ClN5O. The average molecular weight is 346 g/mol. The Labute approximate surface area is 146 Å². The third-order valence-electron chi connectivity index (χ3n) is 4.12. The van der Waals surface area contributed by atoms with Crippen molar-refractivity contribution in [1.82, 2.24) is 19.8 Å². The number of aryl methyl sites for hydroxylation is 1. The Hall–Kier alpha value is -2.18. The van der Waals surface area contributed by atoms with E-state index in [1.807, 2.05) is 30.0 Å². The number of halogens is 1. The van der Waals surface area contributed by atoms with E-state index in [0.29, 0.717) is 16.5 Å². The summed E-state index contributed by atoms with van der Waals surface area (Å²) in [6, 6.07) is 7.36. The van der Waals surface area contributed by atoms with Gasteiger partial charge >= 0.3 is 0 Å². The zero-order chi connectivity index (χ0) is 17.1. The number of carbonyl (C=O) groups is 1. The number of aromatic nitrogens is 2. The molecule has 0 radical (unpaired) electrons. The number of nitrogens with zero attached hydrogens (tertiary/aromatic N) is 4. The molecule has 6 nitrogen and oxygen atoms in total. The minimum atomic E-state index is -0.0597. The third kappa shape index (κ3) is 3.83. The molecule has 1 aliphatic heterocycles. The van der Waals surface area contributed by atoms with Crippen LogP contribution in [0.5, 0.6) is 0 Å². The number of hydrogen-bond donors (Lipinski definition) is 1. The summed E-state index contributed by atoms with van der Waals surface area (Å²) in [6.45, 7) is 5.14. The predicted molar refractivity (Wildman–Crippen MR) is 94.9 cm³/mol. The number of rotatable bonds is 3. The van der Waals surface area contributed by atoms with Crippen molar-refractivity contribution < 1.29 is 4.79 Å². The van der Waals surface area contributed by atoms with E-state index in [-0.39, 0.29) is 5.91 Å². The number of benzene rings is 1. The van der Waals surface area contributed by atoms with Gasteiger partial charge in [0.25, 0.3) is 5.91 Å². The van der Waals surface area contributed by atoms with Crippen molar-refractivity contribution >= 4 is 29.0 Å². The van der Waals surface area contributed by atoms with Gasteiger partial charge in [0.15, 0.2) is 0 Å². The van der Waals surface area contributed by atoms with Gasteiger partial charge in [0, 0.05) is 43.0 Å². The topological polar surface area (TPSA) is 61.4 Å². The van der Waals surface area contributed by atoms with E-state index in [2.05, 4.69) is 27.2 Å². The number of amides is 1. The smallest absolute Gasteiger partial charge is 0.272 e. The van der Waals surface area contributed by atoms with Gasteiger partial charge in [-0.1, -0.05) is 17.7 Å². The Morgan fingerprint density at radius 3 is 2.62 bits per heavy atom. The SMILES string of the molecule is Cc1ccc(Nc2cc(C(=O)N3CCN(C)CC3)ncn2)cc1Cl. The van der Waals surface area contributed by atoms with Gasteiger partial charge in [0.2, 0.25) is 0 Å². The molecule has 3 rings (SSSR count). The first-order chi connectivity index (χ1) is 11.5. The second kappa shape index (κ2) is 7.15. The Morgan fingerprint density at radius 2 is 1.92 bits per heavy atom. The van der Waals surface area contributed by atoms with Crippen molar-refractivity contribution in [2.24, 2.45) is 0 Å². The molecule has 126 valence electrons. The van der Waals surface area contributed by atoms with Gasteiger partial charge < -0.3 is 15.1 Å². The van der Waals surface area contributed by atoms with Gasteiger partial charge in [0.1, 0.15) is 17.8 Å². The summed E-state index contributed by atoms with van der Waals surface area (Å²) in [5, 5.41) is 3.85. The van der Waals surface area contributed by atoms with Crippen LogP contribution in [0.4, 0.5) is 11.5 Å². The average Bonchev–Trinajstić information content (AvgIpc) is 2.58. The summed E-state index contributed by atoms with van der Waals surface area (Å²) in [5.41, 5.74) is 2.23. The number of nitrogens with one attached hydrogen (secondary N) is 1. The molecule has 0 atom stereocenters. The molecule has 0 aliphatic carbocycles. The highest BCUT2D eigenvalue weighted by molar-refractivity contribution is 6.31. The fourth-order valence-electron chi connectivity index (χ4n) is 2.53. The lowest BCUT2D eigenvalue weighted by molar-refractivity contribution is 0.0658. The Balaban J connectivity index is 1.73. The van der Waals surface area contributed by atoms with E-state index < -0.39 is 0 Å². The minimum absolute atomic E-state index is 0.0597. The normalized spacial score (nSPS) is 15.4. The van der Waals surface area contributed by atoms with Crippen LogP contribution < -0.4 is 5.32 Å². The lowest BCUT2D eigenvalue weighted by atomic mass is 10.2. The van der Waals surface area contributed by atoms with Gasteiger partial charge in [-0.15, -0.1) is 0 Å². The quantitative estimate of drug-likeness (QED) is 0.926. The fourth-order valence-corrected chi connectivity index (χ4v) is 2.71. The van der Waals surface area contributed by atoms with Gasteiger partial charge in [-0.2, -0.15) is 0 Å². The van der Waals surface area contributed by atoms with Gasteiger partial charge in [-0.05, 0) is 31.7 Å². The maximum absolute atomic E-state index is 12.6. The van der Waals surface area contributed by atoms with Crippen LogP contribution >= 0.6 is 11.6 Å². The maximum Gasteiger partial charge on any atom is 0.272 e. The highest BCUT2D eigenvalue weighted by atomic mass is 35.5. The van der Waals surface area contributed by atoms with Crippen LogP contribution in [0.2, 0.25) is 5.02 Å². The minimum Gasteiger partial charge on any atom is -0.340 e. The summed E-state index contributed by atoms with van der Waals surface area (Å²) in [7, 11) is 2.06. The van der Waals surface area contributed by atoms with E-state index >= 15 is 0 Å². The van der Waals surface area contributed by atoms with Crippen LogP contribution in [-0.4, -0.2) is 58.9 Å². The number of likely N-dealkylation sites (N-methyl/N-ethyl adjacent to an activating group) is 1. The van der Waals surface area contributed by atoms with E-state index in [1.165, 1.54) is 6.33 Å². The summed E-state index contributed by atoms with van der Waals surface area (Å²) in [4.78, 5) is 24.9. The number of carbonyl (C=O) groups excluding carboxylic acids is 1. The first-order valence-corrected chi connectivity index (χ1v) is 8.24. The van der Waals surface area contributed by atoms with Crippen molar-refractivity contribution in [3.05, 3.63) is 46.9 Å². The van der Waals surface area contributed by atoms with Gasteiger partial charge in [0.05, 0.1) is 0 Å². The molecule has 1 aliphatic rings. The molecule has 1 aromatic carbocycles. The number of hydrogen-bond acceptors (Lipinski definition) is 5. The molecular weight excluding hydrogens is 326 g/mol. The summed E-state index contributed by atoms with van der Waals surface area (Å²) >= 11 is 6.14. The monoisotopic (exact) mass is 345 g/mol. The van der Waals surface area contributed by atoms with Crippen molar-refractivity contribution in [3.63, 3.8) is 0 Å². The van der Waals surface area contributed by atoms with E-state index in [1.54, 1.807) is 6.07 Å². The number of piperazine rings is 1. The molecule has 0 saturated carbocycles. The second-order valence-corrected chi connectivity index (χ2v) is 6.38. The lowest BCUT2D eigenvalue weighted by Gasteiger charge is -2.32. The molecule has 1 N–H and O–H groups in total. The van der Waals surface area contributed by atoms with Gasteiger partial charge in [-0.25, -0.2) is 9.97 Å². The van der Waals surface area contributed by atoms with Crippen LogP contribution in [0, 0.1) is 6.92 Å². The maximum atomic E-state index is 12.6. The molecule has 24 heavy (non-hydrogen) atoms. The van der Waals surface area contributed by atoms with E-state index in [4.69, 9.17) is 11.6 Å².